The van der Waals surface area contributed by atoms with Gasteiger partial charge in [-0.1, -0.05) is 23.7 Å². The molecule has 0 amide bonds. The van der Waals surface area contributed by atoms with E-state index in [2.05, 4.69) is 0 Å². The molecule has 6 heteroatoms. The fourth-order valence-electron chi connectivity index (χ4n) is 1.59. The fourth-order valence-corrected chi connectivity index (χ4v) is 2.61. The minimum absolute atomic E-state index is 0.0749. The first kappa shape index (κ1) is 14.4. The summed E-state index contributed by atoms with van der Waals surface area (Å²) >= 11 is 7.28. The molecule has 0 atom stereocenters. The molecule has 4 nitrogen and oxygen atoms in total. The SMILES string of the molecule is N#Cc1ccc(SCc2ccc(Cl)cc2)cc1[N+](=O)[O-]. The molecule has 0 saturated heterocycles. The first-order valence-electron chi connectivity index (χ1n) is 5.66. The molecule has 0 N–H and O–H groups in total. The summed E-state index contributed by atoms with van der Waals surface area (Å²) in [6.45, 7) is 0. The van der Waals surface area contributed by atoms with Gasteiger partial charge in [0.05, 0.1) is 4.92 Å². The van der Waals surface area contributed by atoms with Crippen LogP contribution in [0.4, 0.5) is 5.69 Å². The Hall–Kier alpha value is -2.03. The lowest BCUT2D eigenvalue weighted by molar-refractivity contribution is -0.385. The van der Waals surface area contributed by atoms with Crippen molar-refractivity contribution in [2.45, 2.75) is 10.6 Å². The van der Waals surface area contributed by atoms with E-state index < -0.39 is 4.92 Å². The van der Waals surface area contributed by atoms with Gasteiger partial charge in [0.15, 0.2) is 0 Å². The predicted molar refractivity (Wildman–Crippen MR) is 78.8 cm³/mol. The maximum absolute atomic E-state index is 10.9. The van der Waals surface area contributed by atoms with Gasteiger partial charge in [0.1, 0.15) is 11.6 Å². The fraction of sp³-hybridized carbons (Fsp3) is 0.0714. The van der Waals surface area contributed by atoms with Gasteiger partial charge in [-0.3, -0.25) is 10.1 Å². The Morgan fingerprint density at radius 3 is 2.55 bits per heavy atom. The van der Waals surface area contributed by atoms with E-state index in [0.717, 1.165) is 10.5 Å². The summed E-state index contributed by atoms with van der Waals surface area (Å²) in [7, 11) is 0. The van der Waals surface area contributed by atoms with Crippen molar-refractivity contribution >= 4 is 29.1 Å². The van der Waals surface area contributed by atoms with E-state index in [1.165, 1.54) is 23.9 Å². The van der Waals surface area contributed by atoms with Gasteiger partial charge in [0, 0.05) is 21.7 Å². The van der Waals surface area contributed by atoms with Gasteiger partial charge in [0.25, 0.3) is 5.69 Å². The van der Waals surface area contributed by atoms with Crippen LogP contribution in [-0.2, 0) is 5.75 Å². The largest absolute Gasteiger partial charge is 0.288 e. The number of nitro benzene ring substituents is 1. The van der Waals surface area contributed by atoms with Crippen molar-refractivity contribution < 1.29 is 4.92 Å². The van der Waals surface area contributed by atoms with Gasteiger partial charge in [-0.05, 0) is 29.8 Å². The van der Waals surface area contributed by atoms with Crippen LogP contribution in [-0.4, -0.2) is 4.92 Å². The zero-order valence-electron chi connectivity index (χ0n) is 10.2. The van der Waals surface area contributed by atoms with E-state index in [0.29, 0.717) is 10.8 Å². The van der Waals surface area contributed by atoms with E-state index in [4.69, 9.17) is 16.9 Å². The molecule has 0 aliphatic carbocycles. The number of hydrogen-bond donors (Lipinski definition) is 0. The summed E-state index contributed by atoms with van der Waals surface area (Å²) in [4.78, 5) is 11.1. The summed E-state index contributed by atoms with van der Waals surface area (Å²) in [5.74, 6) is 0.681. The maximum Gasteiger partial charge on any atom is 0.288 e. The number of nitrogens with zero attached hydrogens (tertiary/aromatic N) is 2. The van der Waals surface area contributed by atoms with Gasteiger partial charge in [-0.2, -0.15) is 5.26 Å². The molecule has 20 heavy (non-hydrogen) atoms. The van der Waals surface area contributed by atoms with E-state index in [1.807, 2.05) is 18.2 Å². The zero-order chi connectivity index (χ0) is 14.5. The molecule has 0 aromatic heterocycles. The zero-order valence-corrected chi connectivity index (χ0v) is 11.8. The second-order valence-corrected chi connectivity index (χ2v) is 5.45. The van der Waals surface area contributed by atoms with Crippen molar-refractivity contribution in [2.75, 3.05) is 0 Å². The van der Waals surface area contributed by atoms with Crippen molar-refractivity contribution in [3.63, 3.8) is 0 Å². The summed E-state index contributed by atoms with van der Waals surface area (Å²) in [6, 6.07) is 13.9. The number of nitriles is 1. The normalized spacial score (nSPS) is 10.0. The molecule has 100 valence electrons. The molecular formula is C14H9ClN2O2S. The molecule has 0 spiro atoms. The third-order valence-electron chi connectivity index (χ3n) is 2.61. The van der Waals surface area contributed by atoms with Crippen LogP contribution in [0.1, 0.15) is 11.1 Å². The molecule has 0 bridgehead atoms. The van der Waals surface area contributed by atoms with Crippen molar-refractivity contribution in [3.8, 4) is 6.07 Å². The number of benzene rings is 2. The first-order chi connectivity index (χ1) is 9.60. The van der Waals surface area contributed by atoms with E-state index in [9.17, 15) is 10.1 Å². The highest BCUT2D eigenvalue weighted by atomic mass is 35.5. The van der Waals surface area contributed by atoms with Crippen LogP contribution in [0.5, 0.6) is 0 Å². The third kappa shape index (κ3) is 3.50. The summed E-state index contributed by atoms with van der Waals surface area (Å²) in [6.07, 6.45) is 0. The lowest BCUT2D eigenvalue weighted by atomic mass is 10.2. The molecule has 0 aliphatic rings. The number of thioether (sulfide) groups is 1. The highest BCUT2D eigenvalue weighted by Crippen LogP contribution is 2.28. The van der Waals surface area contributed by atoms with Gasteiger partial charge in [0.2, 0.25) is 0 Å². The second kappa shape index (κ2) is 6.42. The van der Waals surface area contributed by atoms with E-state index in [-0.39, 0.29) is 11.3 Å². The van der Waals surface area contributed by atoms with Crippen LogP contribution >= 0.6 is 23.4 Å². The maximum atomic E-state index is 10.9. The summed E-state index contributed by atoms with van der Waals surface area (Å²) in [5, 5.41) is 20.4. The molecule has 2 aromatic carbocycles. The van der Waals surface area contributed by atoms with Crippen molar-refractivity contribution in [2.24, 2.45) is 0 Å². The van der Waals surface area contributed by atoms with Gasteiger partial charge in [-0.15, -0.1) is 11.8 Å². The molecular weight excluding hydrogens is 296 g/mol. The van der Waals surface area contributed by atoms with Gasteiger partial charge < -0.3 is 0 Å². The Kier molecular flexibility index (Phi) is 4.61. The smallest absolute Gasteiger partial charge is 0.258 e. The van der Waals surface area contributed by atoms with Crippen LogP contribution in [0.3, 0.4) is 0 Å². The first-order valence-corrected chi connectivity index (χ1v) is 7.02. The summed E-state index contributed by atoms with van der Waals surface area (Å²) < 4.78 is 0. The molecule has 0 saturated carbocycles. The highest BCUT2D eigenvalue weighted by molar-refractivity contribution is 7.98. The van der Waals surface area contributed by atoms with Crippen LogP contribution in [0, 0.1) is 21.4 Å². The third-order valence-corrected chi connectivity index (χ3v) is 3.92. The highest BCUT2D eigenvalue weighted by Gasteiger charge is 2.14. The lowest BCUT2D eigenvalue weighted by Crippen LogP contribution is -1.92. The molecule has 0 fully saturated rings. The Morgan fingerprint density at radius 2 is 1.95 bits per heavy atom. The molecule has 0 radical (unpaired) electrons. The number of hydrogen-bond acceptors (Lipinski definition) is 4. The number of rotatable bonds is 4. The van der Waals surface area contributed by atoms with E-state index >= 15 is 0 Å². The van der Waals surface area contributed by atoms with Crippen molar-refractivity contribution in [1.82, 2.24) is 0 Å². The van der Waals surface area contributed by atoms with E-state index in [1.54, 1.807) is 18.2 Å². The molecule has 0 aliphatic heterocycles. The monoisotopic (exact) mass is 304 g/mol. The predicted octanol–water partition coefficient (Wildman–Crippen LogP) is 4.41. The van der Waals surface area contributed by atoms with Gasteiger partial charge in [-0.25, -0.2) is 0 Å². The standard InChI is InChI=1S/C14H9ClN2O2S/c15-12-4-1-10(2-5-12)9-20-13-6-3-11(8-16)14(7-13)17(18)19/h1-7H,9H2. The van der Waals surface area contributed by atoms with Crippen molar-refractivity contribution in [1.29, 1.82) is 5.26 Å². The summed E-state index contributed by atoms with van der Waals surface area (Å²) in [5.41, 5.74) is 0.992. The number of halogens is 1. The molecule has 0 unspecified atom stereocenters. The molecule has 2 rings (SSSR count). The quantitative estimate of drug-likeness (QED) is 0.476. The van der Waals surface area contributed by atoms with Crippen LogP contribution in [0.2, 0.25) is 5.02 Å². The Bertz CT molecular complexity index is 681. The Labute approximate surface area is 125 Å². The Balaban J connectivity index is 2.14. The Morgan fingerprint density at radius 1 is 1.25 bits per heavy atom. The lowest BCUT2D eigenvalue weighted by Gasteiger charge is -2.03. The van der Waals surface area contributed by atoms with Crippen molar-refractivity contribution in [3.05, 3.63) is 68.7 Å². The topological polar surface area (TPSA) is 66.9 Å². The molecule has 0 heterocycles. The average Bonchev–Trinajstić information content (AvgIpc) is 2.46. The minimum Gasteiger partial charge on any atom is -0.258 e. The van der Waals surface area contributed by atoms with Gasteiger partial charge >= 0.3 is 0 Å². The minimum atomic E-state index is -0.537. The van der Waals surface area contributed by atoms with Crippen LogP contribution < -0.4 is 0 Å². The number of nitro groups is 1. The van der Waals surface area contributed by atoms with Crippen LogP contribution in [0.15, 0.2) is 47.4 Å². The van der Waals surface area contributed by atoms with Crippen LogP contribution in [0.25, 0.3) is 0 Å². The second-order valence-electron chi connectivity index (χ2n) is 3.96. The molecule has 2 aromatic rings. The average molecular weight is 305 g/mol.